The molecular weight excluding hydrogens is 106 g/mol. The number of aliphatic hydroxyl groups is 1. The van der Waals surface area contributed by atoms with E-state index in [4.69, 9.17) is 5.11 Å². The van der Waals surface area contributed by atoms with Crippen LogP contribution in [0.5, 0.6) is 0 Å². The molecule has 8 heavy (non-hydrogen) atoms. The van der Waals surface area contributed by atoms with Crippen molar-refractivity contribution >= 4 is 0 Å². The fourth-order valence-electron chi connectivity index (χ4n) is 0.927. The zero-order chi connectivity index (χ0) is 5.98. The van der Waals surface area contributed by atoms with Crippen LogP contribution in [0.2, 0.25) is 0 Å². The quantitative estimate of drug-likeness (QED) is 0.433. The smallest absolute Gasteiger partial charge is 0.0948 e. The third-order valence-corrected chi connectivity index (χ3v) is 1.67. The Labute approximate surface area is 48.5 Å². The second-order valence-corrected chi connectivity index (χ2v) is 2.21. The van der Waals surface area contributed by atoms with Crippen molar-refractivity contribution < 1.29 is 10.2 Å². The second-order valence-electron chi connectivity index (χ2n) is 2.21. The van der Waals surface area contributed by atoms with Gasteiger partial charge < -0.3 is 15.4 Å². The fraction of sp³-hybridized carbons (Fsp3) is 1.00. The van der Waals surface area contributed by atoms with E-state index in [0.717, 1.165) is 13.0 Å². The van der Waals surface area contributed by atoms with Crippen molar-refractivity contribution in [1.82, 2.24) is 0 Å². The molecule has 0 aromatic carbocycles. The summed E-state index contributed by atoms with van der Waals surface area (Å²) in [6.07, 6.45) is 1.68. The van der Waals surface area contributed by atoms with Gasteiger partial charge in [0.2, 0.25) is 0 Å². The van der Waals surface area contributed by atoms with E-state index < -0.39 is 0 Å². The first-order valence-corrected chi connectivity index (χ1v) is 2.98. The Morgan fingerprint density at radius 1 is 1.75 bits per heavy atom. The molecule has 0 aromatic rings. The van der Waals surface area contributed by atoms with E-state index in [1.807, 2.05) is 0 Å². The van der Waals surface area contributed by atoms with Crippen LogP contribution in [0.3, 0.4) is 0 Å². The SMILES string of the molecule is [O-][NH+]1CCC1CCO. The number of rotatable bonds is 2. The van der Waals surface area contributed by atoms with Crippen molar-refractivity contribution in [2.45, 2.75) is 18.9 Å². The Morgan fingerprint density at radius 2 is 2.50 bits per heavy atom. The minimum atomic E-state index is 0.163. The molecule has 1 heterocycles. The van der Waals surface area contributed by atoms with Gasteiger partial charge in [0.25, 0.3) is 0 Å². The molecule has 0 aliphatic carbocycles. The largest absolute Gasteiger partial charge is 0.634 e. The molecule has 0 radical (unpaired) electrons. The summed E-state index contributed by atoms with van der Waals surface area (Å²) in [6.45, 7) is 0.904. The van der Waals surface area contributed by atoms with Gasteiger partial charge in [-0.3, -0.25) is 0 Å². The summed E-state index contributed by atoms with van der Waals surface area (Å²) in [5.41, 5.74) is 0. The highest BCUT2D eigenvalue weighted by molar-refractivity contribution is 4.62. The number of hydroxylamine groups is 2. The maximum Gasteiger partial charge on any atom is 0.0948 e. The predicted molar refractivity (Wildman–Crippen MR) is 29.3 cm³/mol. The third kappa shape index (κ3) is 0.992. The summed E-state index contributed by atoms with van der Waals surface area (Å²) in [5.74, 6) is 0. The normalized spacial score (nSPS) is 36.8. The van der Waals surface area contributed by atoms with E-state index in [-0.39, 0.29) is 12.6 Å². The zero-order valence-corrected chi connectivity index (χ0v) is 4.76. The first kappa shape index (κ1) is 6.01. The molecule has 1 saturated heterocycles. The van der Waals surface area contributed by atoms with Gasteiger partial charge in [-0.25, -0.2) is 0 Å². The topological polar surface area (TPSA) is 47.7 Å². The molecular formula is C5H11NO2. The first-order valence-electron chi connectivity index (χ1n) is 2.98. The van der Waals surface area contributed by atoms with Gasteiger partial charge in [0.05, 0.1) is 12.6 Å². The number of quaternary nitrogens is 1. The highest BCUT2D eigenvalue weighted by Gasteiger charge is 2.24. The molecule has 3 nitrogen and oxygen atoms in total. The molecule has 0 aromatic heterocycles. The number of nitrogens with one attached hydrogen (secondary N) is 1. The zero-order valence-electron chi connectivity index (χ0n) is 4.76. The molecule has 3 heteroatoms. The average molecular weight is 117 g/mol. The van der Waals surface area contributed by atoms with Gasteiger partial charge in [-0.15, -0.1) is 0 Å². The lowest BCUT2D eigenvalue weighted by molar-refractivity contribution is -0.920. The van der Waals surface area contributed by atoms with Crippen molar-refractivity contribution in [2.24, 2.45) is 0 Å². The van der Waals surface area contributed by atoms with Gasteiger partial charge in [-0.05, 0) is 0 Å². The van der Waals surface area contributed by atoms with Crippen molar-refractivity contribution in [3.05, 3.63) is 5.21 Å². The summed E-state index contributed by atoms with van der Waals surface area (Å²) in [5, 5.41) is 19.2. The summed E-state index contributed by atoms with van der Waals surface area (Å²) in [4.78, 5) is 0. The predicted octanol–water partition coefficient (Wildman–Crippen LogP) is -1.48. The van der Waals surface area contributed by atoms with Crippen LogP contribution in [0, 0.1) is 5.21 Å². The van der Waals surface area contributed by atoms with E-state index in [1.54, 1.807) is 0 Å². The number of hydrogen-bond donors (Lipinski definition) is 2. The molecule has 1 fully saturated rings. The third-order valence-electron chi connectivity index (χ3n) is 1.67. The van der Waals surface area contributed by atoms with E-state index in [1.165, 1.54) is 0 Å². The molecule has 0 saturated carbocycles. The maximum atomic E-state index is 10.5. The molecule has 2 N–H and O–H groups in total. The molecule has 0 spiro atoms. The van der Waals surface area contributed by atoms with Crippen LogP contribution < -0.4 is 5.06 Å². The number of aliphatic hydroxyl groups excluding tert-OH is 1. The summed E-state index contributed by atoms with van der Waals surface area (Å²) < 4.78 is 0. The Morgan fingerprint density at radius 3 is 2.62 bits per heavy atom. The summed E-state index contributed by atoms with van der Waals surface area (Å²) in [7, 11) is 0. The Balaban J connectivity index is 2.08. The lowest BCUT2D eigenvalue weighted by Gasteiger charge is -2.39. The van der Waals surface area contributed by atoms with Gasteiger partial charge in [0.1, 0.15) is 0 Å². The van der Waals surface area contributed by atoms with E-state index in [0.29, 0.717) is 11.5 Å². The minimum Gasteiger partial charge on any atom is -0.634 e. The van der Waals surface area contributed by atoms with Crippen LogP contribution in [0.25, 0.3) is 0 Å². The van der Waals surface area contributed by atoms with Crippen LogP contribution in [0.1, 0.15) is 12.8 Å². The standard InChI is InChI=1S/C5H11NO2/c7-4-2-5-1-3-6(5)8/h5-7H,1-4H2. The average Bonchev–Trinajstić information content (AvgIpc) is 1.79. The molecule has 2 unspecified atom stereocenters. The van der Waals surface area contributed by atoms with E-state index in [9.17, 15) is 5.21 Å². The molecule has 48 valence electrons. The van der Waals surface area contributed by atoms with Gasteiger partial charge >= 0.3 is 0 Å². The minimum absolute atomic E-state index is 0.163. The highest BCUT2D eigenvalue weighted by Crippen LogP contribution is 1.97. The lowest BCUT2D eigenvalue weighted by atomic mass is 10.0. The van der Waals surface area contributed by atoms with Crippen molar-refractivity contribution in [3.8, 4) is 0 Å². The second kappa shape index (κ2) is 2.44. The fourth-order valence-corrected chi connectivity index (χ4v) is 0.927. The van der Waals surface area contributed by atoms with E-state index in [2.05, 4.69) is 0 Å². The van der Waals surface area contributed by atoms with Crippen LogP contribution in [0.15, 0.2) is 0 Å². The van der Waals surface area contributed by atoms with E-state index >= 15 is 0 Å². The van der Waals surface area contributed by atoms with Gasteiger partial charge in [-0.2, -0.15) is 0 Å². The maximum absolute atomic E-state index is 10.5. The molecule has 1 aliphatic heterocycles. The summed E-state index contributed by atoms with van der Waals surface area (Å²) in [6, 6.07) is 0.208. The van der Waals surface area contributed by atoms with Gasteiger partial charge in [0.15, 0.2) is 0 Å². The summed E-state index contributed by atoms with van der Waals surface area (Å²) >= 11 is 0. The van der Waals surface area contributed by atoms with Crippen LogP contribution in [-0.2, 0) is 0 Å². The van der Waals surface area contributed by atoms with Crippen LogP contribution >= 0.6 is 0 Å². The number of hydrogen-bond acceptors (Lipinski definition) is 2. The Kier molecular flexibility index (Phi) is 1.83. The molecule has 1 aliphatic rings. The van der Waals surface area contributed by atoms with Crippen molar-refractivity contribution in [1.29, 1.82) is 0 Å². The Hall–Kier alpha value is -0.120. The Bertz CT molecular complexity index is 76.8. The lowest BCUT2D eigenvalue weighted by Crippen LogP contribution is -3.17. The van der Waals surface area contributed by atoms with Crippen molar-refractivity contribution in [2.75, 3.05) is 13.2 Å². The van der Waals surface area contributed by atoms with Crippen LogP contribution in [-0.4, -0.2) is 24.3 Å². The monoisotopic (exact) mass is 117 g/mol. The molecule has 0 amide bonds. The van der Waals surface area contributed by atoms with Crippen LogP contribution in [0.4, 0.5) is 0 Å². The van der Waals surface area contributed by atoms with Crippen molar-refractivity contribution in [3.63, 3.8) is 0 Å². The van der Waals surface area contributed by atoms with Gasteiger partial charge in [-0.1, -0.05) is 0 Å². The highest BCUT2D eigenvalue weighted by atomic mass is 16.5. The first-order chi connectivity index (χ1) is 3.84. The van der Waals surface area contributed by atoms with Gasteiger partial charge in [0, 0.05) is 19.4 Å². The molecule has 1 rings (SSSR count). The molecule has 2 atom stereocenters. The molecule has 0 bridgehead atoms.